The molecule has 10 heteroatoms. The molecule has 7 nitrogen and oxygen atoms in total. The first kappa shape index (κ1) is 25.0. The lowest BCUT2D eigenvalue weighted by Crippen LogP contribution is -2.31. The van der Waals surface area contributed by atoms with Crippen molar-refractivity contribution in [1.29, 1.82) is 0 Å². The summed E-state index contributed by atoms with van der Waals surface area (Å²) in [5.41, 5.74) is 7.69. The number of hydrogen-bond donors (Lipinski definition) is 3. The summed E-state index contributed by atoms with van der Waals surface area (Å²) >= 11 is 1.33. The number of aromatic nitrogens is 2. The number of nitrogen functional groups attached to an aromatic ring is 1. The van der Waals surface area contributed by atoms with Gasteiger partial charge in [0.25, 0.3) is 5.91 Å². The van der Waals surface area contributed by atoms with Crippen LogP contribution in [0.1, 0.15) is 46.4 Å². The van der Waals surface area contributed by atoms with Crippen molar-refractivity contribution in [1.82, 2.24) is 15.3 Å². The Labute approximate surface area is 206 Å². The standard InChI is InChI=1S/C25H26F2N4O3S/c1-35-18-9-16(8-17(26)11-18)22(13-32)31-25(33)19-3-2-15(10-20(19)27)23-24(28)29-12-21(30-23)14-4-6-34-7-5-14/h2-3,8-12,14,22,32H,4-7,13H2,1H3,(H2,28,29)(H,31,33). The van der Waals surface area contributed by atoms with Crippen molar-refractivity contribution < 1.29 is 23.4 Å². The van der Waals surface area contributed by atoms with Crippen LogP contribution in [0.5, 0.6) is 0 Å². The first-order chi connectivity index (χ1) is 16.9. The highest BCUT2D eigenvalue weighted by atomic mass is 32.2. The summed E-state index contributed by atoms with van der Waals surface area (Å²) in [5, 5.41) is 12.4. The van der Waals surface area contributed by atoms with Crippen LogP contribution in [0.15, 0.2) is 47.5 Å². The van der Waals surface area contributed by atoms with Gasteiger partial charge in [-0.3, -0.25) is 4.79 Å². The number of ether oxygens (including phenoxy) is 1. The van der Waals surface area contributed by atoms with Crippen molar-refractivity contribution in [2.24, 2.45) is 0 Å². The lowest BCUT2D eigenvalue weighted by Gasteiger charge is -2.22. The Bertz CT molecular complexity index is 1220. The molecule has 0 radical (unpaired) electrons. The third kappa shape index (κ3) is 5.77. The summed E-state index contributed by atoms with van der Waals surface area (Å²) in [5.74, 6) is -1.66. The molecule has 1 atom stereocenters. The van der Waals surface area contributed by atoms with Gasteiger partial charge in [0.1, 0.15) is 23.1 Å². The van der Waals surface area contributed by atoms with Gasteiger partial charge in [-0.2, -0.15) is 0 Å². The highest BCUT2D eigenvalue weighted by Gasteiger charge is 2.22. The van der Waals surface area contributed by atoms with E-state index in [4.69, 9.17) is 10.5 Å². The summed E-state index contributed by atoms with van der Waals surface area (Å²) in [7, 11) is 0. The van der Waals surface area contributed by atoms with E-state index in [0.717, 1.165) is 18.5 Å². The van der Waals surface area contributed by atoms with Gasteiger partial charge in [-0.05, 0) is 55.0 Å². The number of amides is 1. The fraction of sp³-hybridized carbons (Fsp3) is 0.320. The largest absolute Gasteiger partial charge is 0.394 e. The number of nitrogens with two attached hydrogens (primary N) is 1. The molecule has 3 aromatic rings. The summed E-state index contributed by atoms with van der Waals surface area (Å²) in [6.45, 7) is 0.814. The van der Waals surface area contributed by atoms with Crippen molar-refractivity contribution in [3.63, 3.8) is 0 Å². The van der Waals surface area contributed by atoms with Gasteiger partial charge in [0.15, 0.2) is 0 Å². The van der Waals surface area contributed by atoms with Crippen LogP contribution in [-0.4, -0.2) is 47.1 Å². The average molecular weight is 501 g/mol. The summed E-state index contributed by atoms with van der Waals surface area (Å²) < 4.78 is 34.3. The Morgan fingerprint density at radius 2 is 2.03 bits per heavy atom. The van der Waals surface area contributed by atoms with Crippen molar-refractivity contribution >= 4 is 23.5 Å². The van der Waals surface area contributed by atoms with Crippen LogP contribution in [-0.2, 0) is 4.74 Å². The molecule has 1 aliphatic rings. The van der Waals surface area contributed by atoms with Crippen LogP contribution in [0.3, 0.4) is 0 Å². The monoisotopic (exact) mass is 500 g/mol. The molecule has 0 bridgehead atoms. The molecule has 2 aromatic carbocycles. The molecule has 1 unspecified atom stereocenters. The van der Waals surface area contributed by atoms with E-state index in [1.165, 1.54) is 36.0 Å². The van der Waals surface area contributed by atoms with Crippen LogP contribution in [0, 0.1) is 11.6 Å². The van der Waals surface area contributed by atoms with Crippen molar-refractivity contribution in [3.8, 4) is 11.3 Å². The Morgan fingerprint density at radius 1 is 1.26 bits per heavy atom. The van der Waals surface area contributed by atoms with E-state index in [1.807, 2.05) is 0 Å². The normalized spacial score (nSPS) is 15.1. The SMILES string of the molecule is CSc1cc(F)cc(C(CO)NC(=O)c2ccc(-c3nc(C4CCOCC4)cnc3N)cc2F)c1. The number of benzene rings is 2. The number of rotatable bonds is 7. The van der Waals surface area contributed by atoms with Gasteiger partial charge in [0, 0.05) is 29.6 Å². The van der Waals surface area contributed by atoms with E-state index in [2.05, 4.69) is 15.3 Å². The highest BCUT2D eigenvalue weighted by molar-refractivity contribution is 7.98. The summed E-state index contributed by atoms with van der Waals surface area (Å²) in [4.78, 5) is 22.3. The van der Waals surface area contributed by atoms with Gasteiger partial charge in [0.2, 0.25) is 0 Å². The van der Waals surface area contributed by atoms with Gasteiger partial charge >= 0.3 is 0 Å². The predicted octanol–water partition coefficient (Wildman–Crippen LogP) is 4.08. The minimum atomic E-state index is -0.902. The molecule has 1 fully saturated rings. The van der Waals surface area contributed by atoms with E-state index < -0.39 is 30.2 Å². The van der Waals surface area contributed by atoms with Crippen molar-refractivity contribution in [3.05, 3.63) is 71.1 Å². The topological polar surface area (TPSA) is 110 Å². The number of nitrogens with zero attached hydrogens (tertiary/aromatic N) is 2. The Morgan fingerprint density at radius 3 is 2.71 bits per heavy atom. The van der Waals surface area contributed by atoms with Crippen molar-refractivity contribution in [2.45, 2.75) is 29.7 Å². The molecular weight excluding hydrogens is 474 g/mol. The minimum absolute atomic E-state index is 0.161. The lowest BCUT2D eigenvalue weighted by atomic mass is 9.96. The Kier molecular flexibility index (Phi) is 7.94. The molecule has 35 heavy (non-hydrogen) atoms. The molecule has 1 amide bonds. The van der Waals surface area contributed by atoms with Gasteiger partial charge in [-0.25, -0.2) is 18.7 Å². The fourth-order valence-electron chi connectivity index (χ4n) is 4.03. The number of anilines is 1. The van der Waals surface area contributed by atoms with E-state index >= 15 is 4.39 Å². The van der Waals surface area contributed by atoms with Gasteiger partial charge in [-0.1, -0.05) is 6.07 Å². The third-order valence-corrected chi connectivity index (χ3v) is 6.67. The van der Waals surface area contributed by atoms with E-state index in [9.17, 15) is 14.3 Å². The van der Waals surface area contributed by atoms with E-state index in [1.54, 1.807) is 24.6 Å². The zero-order valence-corrected chi connectivity index (χ0v) is 19.9. The minimum Gasteiger partial charge on any atom is -0.394 e. The maximum absolute atomic E-state index is 15.0. The second kappa shape index (κ2) is 11.1. The molecular formula is C25H26F2N4O3S. The average Bonchev–Trinajstić information content (AvgIpc) is 2.87. The quantitative estimate of drug-likeness (QED) is 0.419. The van der Waals surface area contributed by atoms with Crippen LogP contribution < -0.4 is 11.1 Å². The number of carbonyl (C=O) groups is 1. The number of aliphatic hydroxyl groups excluding tert-OH is 1. The van der Waals surface area contributed by atoms with Gasteiger partial charge in [0.05, 0.1) is 30.1 Å². The summed E-state index contributed by atoms with van der Waals surface area (Å²) in [6.07, 6.45) is 5.07. The van der Waals surface area contributed by atoms with Crippen LogP contribution >= 0.6 is 11.8 Å². The lowest BCUT2D eigenvalue weighted by molar-refractivity contribution is 0.0844. The van der Waals surface area contributed by atoms with Gasteiger partial charge in [-0.15, -0.1) is 11.8 Å². The maximum atomic E-state index is 15.0. The first-order valence-corrected chi connectivity index (χ1v) is 12.4. The number of nitrogens with one attached hydrogen (secondary N) is 1. The predicted molar refractivity (Wildman–Crippen MR) is 130 cm³/mol. The zero-order valence-electron chi connectivity index (χ0n) is 19.1. The molecule has 0 saturated carbocycles. The number of hydrogen-bond acceptors (Lipinski definition) is 7. The third-order valence-electron chi connectivity index (χ3n) is 5.97. The molecule has 0 aliphatic carbocycles. The van der Waals surface area contributed by atoms with Crippen LogP contribution in [0.4, 0.5) is 14.6 Å². The van der Waals surface area contributed by atoms with Crippen LogP contribution in [0.2, 0.25) is 0 Å². The fourth-order valence-corrected chi connectivity index (χ4v) is 4.52. The number of halogens is 2. The maximum Gasteiger partial charge on any atom is 0.254 e. The molecule has 4 N–H and O–H groups in total. The van der Waals surface area contributed by atoms with Crippen LogP contribution in [0.25, 0.3) is 11.3 Å². The van der Waals surface area contributed by atoms with Crippen molar-refractivity contribution in [2.75, 3.05) is 31.8 Å². The molecule has 4 rings (SSSR count). The second-order valence-electron chi connectivity index (χ2n) is 8.24. The summed E-state index contributed by atoms with van der Waals surface area (Å²) in [6, 6.07) is 7.42. The van der Waals surface area contributed by atoms with E-state index in [-0.39, 0.29) is 17.3 Å². The number of carbonyl (C=O) groups excluding carboxylic acids is 1. The second-order valence-corrected chi connectivity index (χ2v) is 9.12. The van der Waals surface area contributed by atoms with E-state index in [0.29, 0.717) is 34.9 Å². The first-order valence-electron chi connectivity index (χ1n) is 11.2. The Hall–Kier alpha value is -3.08. The Balaban J connectivity index is 1.56. The number of thioether (sulfide) groups is 1. The zero-order chi connectivity index (χ0) is 24.9. The number of aliphatic hydroxyl groups is 1. The van der Waals surface area contributed by atoms with Gasteiger partial charge < -0.3 is 20.9 Å². The molecule has 1 saturated heterocycles. The smallest absolute Gasteiger partial charge is 0.254 e. The molecule has 2 heterocycles. The highest BCUT2D eigenvalue weighted by Crippen LogP contribution is 2.30. The molecule has 1 aromatic heterocycles. The molecule has 184 valence electrons. The molecule has 1 aliphatic heterocycles. The molecule has 0 spiro atoms.